The lowest BCUT2D eigenvalue weighted by Gasteiger charge is -2.20. The Labute approximate surface area is 125 Å². The highest BCUT2D eigenvalue weighted by atomic mass is 32.2. The van der Waals surface area contributed by atoms with Crippen LogP contribution in [0.3, 0.4) is 0 Å². The van der Waals surface area contributed by atoms with Crippen LogP contribution in [0.15, 0.2) is 47.4 Å². The van der Waals surface area contributed by atoms with Crippen molar-refractivity contribution >= 4 is 15.7 Å². The number of nitrogen functional groups attached to an aromatic ring is 1. The second-order valence-corrected chi connectivity index (χ2v) is 6.71. The maximum Gasteiger partial charge on any atom is 0.243 e. The van der Waals surface area contributed by atoms with Crippen molar-refractivity contribution in [3.63, 3.8) is 0 Å². The molecule has 5 nitrogen and oxygen atoms in total. The van der Waals surface area contributed by atoms with E-state index in [2.05, 4.69) is 4.98 Å². The van der Waals surface area contributed by atoms with Gasteiger partial charge < -0.3 is 5.73 Å². The topological polar surface area (TPSA) is 76.3 Å². The summed E-state index contributed by atoms with van der Waals surface area (Å²) in [6.45, 7) is 4.33. The van der Waals surface area contributed by atoms with Crippen molar-refractivity contribution in [1.82, 2.24) is 9.29 Å². The molecule has 21 heavy (non-hydrogen) atoms. The number of hydrogen-bond donors (Lipinski definition) is 1. The van der Waals surface area contributed by atoms with Gasteiger partial charge in [-0.25, -0.2) is 8.42 Å². The Morgan fingerprint density at radius 1 is 1.14 bits per heavy atom. The van der Waals surface area contributed by atoms with E-state index in [0.29, 0.717) is 12.2 Å². The van der Waals surface area contributed by atoms with Gasteiger partial charge in [0.1, 0.15) is 0 Å². The van der Waals surface area contributed by atoms with Crippen LogP contribution in [0.4, 0.5) is 5.69 Å². The van der Waals surface area contributed by atoms with Crippen molar-refractivity contribution < 1.29 is 8.42 Å². The molecule has 2 aromatic rings. The molecule has 6 heteroatoms. The van der Waals surface area contributed by atoms with Gasteiger partial charge >= 0.3 is 0 Å². The van der Waals surface area contributed by atoms with Crippen LogP contribution in [0.25, 0.3) is 0 Å². The first-order chi connectivity index (χ1) is 9.93. The number of benzene rings is 1. The van der Waals surface area contributed by atoms with E-state index in [-0.39, 0.29) is 11.4 Å². The van der Waals surface area contributed by atoms with Gasteiger partial charge in [-0.15, -0.1) is 0 Å². The molecule has 0 aliphatic rings. The van der Waals surface area contributed by atoms with Crippen LogP contribution in [0.5, 0.6) is 0 Å². The van der Waals surface area contributed by atoms with E-state index in [1.54, 1.807) is 12.1 Å². The first-order valence-electron chi connectivity index (χ1n) is 6.71. The molecule has 112 valence electrons. The van der Waals surface area contributed by atoms with Crippen LogP contribution in [-0.4, -0.2) is 24.3 Å². The summed E-state index contributed by atoms with van der Waals surface area (Å²) in [5.41, 5.74) is 7.74. The van der Waals surface area contributed by atoms with E-state index in [4.69, 9.17) is 5.73 Å². The lowest BCUT2D eigenvalue weighted by atomic mass is 10.3. The first kappa shape index (κ1) is 15.5. The van der Waals surface area contributed by atoms with E-state index in [0.717, 1.165) is 11.4 Å². The average molecular weight is 305 g/mol. The van der Waals surface area contributed by atoms with Crippen LogP contribution in [0.1, 0.15) is 18.3 Å². The van der Waals surface area contributed by atoms with Crippen LogP contribution >= 0.6 is 0 Å². The summed E-state index contributed by atoms with van der Waals surface area (Å²) in [5.74, 6) is 0. The summed E-state index contributed by atoms with van der Waals surface area (Å²) in [7, 11) is -3.54. The second-order valence-electron chi connectivity index (χ2n) is 4.77. The third-order valence-corrected chi connectivity index (χ3v) is 5.09. The third-order valence-electron chi connectivity index (χ3n) is 3.15. The lowest BCUT2D eigenvalue weighted by molar-refractivity contribution is 0.419. The van der Waals surface area contributed by atoms with Crippen molar-refractivity contribution in [3.8, 4) is 0 Å². The average Bonchev–Trinajstić information content (AvgIpc) is 2.45. The van der Waals surface area contributed by atoms with Crippen molar-refractivity contribution in [2.75, 3.05) is 12.3 Å². The van der Waals surface area contributed by atoms with Gasteiger partial charge in [-0.2, -0.15) is 4.31 Å². The van der Waals surface area contributed by atoms with E-state index >= 15 is 0 Å². The Balaban J connectivity index is 2.29. The monoisotopic (exact) mass is 305 g/mol. The maximum atomic E-state index is 12.6. The summed E-state index contributed by atoms with van der Waals surface area (Å²) >= 11 is 0. The van der Waals surface area contributed by atoms with E-state index in [1.807, 2.05) is 32.0 Å². The molecule has 0 saturated heterocycles. The molecular formula is C15H19N3O2S. The molecule has 2 N–H and O–H groups in total. The Hall–Kier alpha value is -1.92. The molecule has 1 heterocycles. The fourth-order valence-electron chi connectivity index (χ4n) is 2.02. The molecule has 0 fully saturated rings. The van der Waals surface area contributed by atoms with Gasteiger partial charge in [0.05, 0.1) is 17.1 Å². The molecule has 0 aliphatic carbocycles. The lowest BCUT2D eigenvalue weighted by Crippen LogP contribution is -2.30. The molecule has 1 aromatic carbocycles. The Bertz CT molecular complexity index is 712. The van der Waals surface area contributed by atoms with Crippen molar-refractivity contribution in [3.05, 3.63) is 53.9 Å². The zero-order valence-corrected chi connectivity index (χ0v) is 13.0. The van der Waals surface area contributed by atoms with Gasteiger partial charge in [0, 0.05) is 17.9 Å². The van der Waals surface area contributed by atoms with Crippen LogP contribution < -0.4 is 5.73 Å². The van der Waals surface area contributed by atoms with Crippen LogP contribution in [0, 0.1) is 6.92 Å². The number of nitrogens with zero attached hydrogens (tertiary/aromatic N) is 2. The van der Waals surface area contributed by atoms with Crippen molar-refractivity contribution in [2.24, 2.45) is 0 Å². The van der Waals surface area contributed by atoms with Crippen molar-refractivity contribution in [1.29, 1.82) is 0 Å². The SMILES string of the molecule is CCN(Cc1cccc(C)n1)S(=O)(=O)c1ccc(N)cc1. The van der Waals surface area contributed by atoms with Gasteiger partial charge in [0.15, 0.2) is 0 Å². The molecular weight excluding hydrogens is 286 g/mol. The maximum absolute atomic E-state index is 12.6. The Morgan fingerprint density at radius 3 is 2.38 bits per heavy atom. The molecule has 0 spiro atoms. The third kappa shape index (κ3) is 3.59. The largest absolute Gasteiger partial charge is 0.399 e. The molecule has 0 radical (unpaired) electrons. The Kier molecular flexibility index (Phi) is 4.59. The standard InChI is InChI=1S/C15H19N3O2S/c1-3-18(11-14-6-4-5-12(2)17-14)21(19,20)15-9-7-13(16)8-10-15/h4-10H,3,11,16H2,1-2H3. The van der Waals surface area contributed by atoms with Gasteiger partial charge in [-0.3, -0.25) is 4.98 Å². The number of aromatic nitrogens is 1. The number of sulfonamides is 1. The van der Waals surface area contributed by atoms with E-state index in [1.165, 1.54) is 16.4 Å². The molecule has 2 rings (SSSR count). The number of aryl methyl sites for hydroxylation is 1. The van der Waals surface area contributed by atoms with Gasteiger partial charge in [-0.05, 0) is 43.3 Å². The highest BCUT2D eigenvalue weighted by Gasteiger charge is 2.23. The molecule has 0 bridgehead atoms. The number of nitrogens with two attached hydrogens (primary N) is 1. The fourth-order valence-corrected chi connectivity index (χ4v) is 3.44. The number of anilines is 1. The Morgan fingerprint density at radius 2 is 1.81 bits per heavy atom. The highest BCUT2D eigenvalue weighted by molar-refractivity contribution is 7.89. The minimum absolute atomic E-state index is 0.242. The molecule has 0 unspecified atom stereocenters. The molecule has 0 atom stereocenters. The predicted octanol–water partition coefficient (Wildman–Crippen LogP) is 2.18. The number of pyridine rings is 1. The minimum atomic E-state index is -3.54. The summed E-state index contributed by atoms with van der Waals surface area (Å²) in [6.07, 6.45) is 0. The van der Waals surface area contributed by atoms with Gasteiger partial charge in [0.2, 0.25) is 10.0 Å². The van der Waals surface area contributed by atoms with Gasteiger partial charge in [0.25, 0.3) is 0 Å². The second kappa shape index (κ2) is 6.24. The molecule has 0 amide bonds. The zero-order chi connectivity index (χ0) is 15.5. The quantitative estimate of drug-likeness (QED) is 0.859. The number of hydrogen-bond acceptors (Lipinski definition) is 4. The molecule has 0 aliphatic heterocycles. The van der Waals surface area contributed by atoms with Crippen LogP contribution in [0.2, 0.25) is 0 Å². The highest BCUT2D eigenvalue weighted by Crippen LogP contribution is 2.19. The van der Waals surface area contributed by atoms with Crippen molar-refractivity contribution in [2.45, 2.75) is 25.3 Å². The summed E-state index contributed by atoms with van der Waals surface area (Å²) in [4.78, 5) is 4.60. The smallest absolute Gasteiger partial charge is 0.243 e. The van der Waals surface area contributed by atoms with E-state index in [9.17, 15) is 8.42 Å². The summed E-state index contributed by atoms with van der Waals surface area (Å²) in [5, 5.41) is 0. The van der Waals surface area contributed by atoms with Gasteiger partial charge in [-0.1, -0.05) is 13.0 Å². The zero-order valence-electron chi connectivity index (χ0n) is 12.2. The first-order valence-corrected chi connectivity index (χ1v) is 8.15. The minimum Gasteiger partial charge on any atom is -0.399 e. The summed E-state index contributed by atoms with van der Waals surface area (Å²) < 4.78 is 26.6. The fraction of sp³-hybridized carbons (Fsp3) is 0.267. The van der Waals surface area contributed by atoms with Crippen LogP contribution in [-0.2, 0) is 16.6 Å². The normalized spacial score (nSPS) is 11.8. The van der Waals surface area contributed by atoms with E-state index < -0.39 is 10.0 Å². The molecule has 0 saturated carbocycles. The summed E-state index contributed by atoms with van der Waals surface area (Å²) in [6, 6.07) is 11.8. The molecule has 1 aromatic heterocycles. The predicted molar refractivity (Wildman–Crippen MR) is 83.1 cm³/mol. The number of rotatable bonds is 5.